The minimum atomic E-state index is -1.41. The van der Waals surface area contributed by atoms with E-state index in [9.17, 15) is 5.11 Å². The van der Waals surface area contributed by atoms with Crippen LogP contribution in [0.2, 0.25) is 0 Å². The summed E-state index contributed by atoms with van der Waals surface area (Å²) in [6.07, 6.45) is 5.64. The molecule has 0 heterocycles. The van der Waals surface area contributed by atoms with E-state index >= 15 is 0 Å². The predicted molar refractivity (Wildman–Crippen MR) is 100 cm³/mol. The predicted octanol–water partition coefficient (Wildman–Crippen LogP) is 5.02. The number of terminal acetylenes is 1. The normalized spacial score (nSPS) is 13.0. The van der Waals surface area contributed by atoms with Gasteiger partial charge in [-0.05, 0) is 31.2 Å². The second kappa shape index (κ2) is 6.97. The van der Waals surface area contributed by atoms with Crippen molar-refractivity contribution in [1.29, 1.82) is 0 Å². The Morgan fingerprint density at radius 2 is 1.29 bits per heavy atom. The zero-order chi connectivity index (χ0) is 17.0. The van der Waals surface area contributed by atoms with Gasteiger partial charge in [-0.1, -0.05) is 77.8 Å². The minimum Gasteiger partial charge on any atom is -0.369 e. The van der Waals surface area contributed by atoms with Crippen molar-refractivity contribution in [3.05, 3.63) is 95.6 Å². The molecule has 1 atom stereocenters. The first kappa shape index (κ1) is 16.4. The zero-order valence-electron chi connectivity index (χ0n) is 13.4. The molecule has 0 aliphatic carbocycles. The summed E-state index contributed by atoms with van der Waals surface area (Å²) < 4.78 is 0. The summed E-state index contributed by atoms with van der Waals surface area (Å²) >= 11 is 1.69. The van der Waals surface area contributed by atoms with E-state index in [0.717, 1.165) is 4.90 Å². The molecular weight excluding hydrogens is 312 g/mol. The van der Waals surface area contributed by atoms with Crippen molar-refractivity contribution in [3.8, 4) is 12.3 Å². The van der Waals surface area contributed by atoms with E-state index in [1.54, 1.807) is 11.8 Å². The monoisotopic (exact) mass is 330 g/mol. The van der Waals surface area contributed by atoms with Crippen molar-refractivity contribution < 1.29 is 5.11 Å². The third-order valence-electron chi connectivity index (χ3n) is 3.93. The first-order valence-electron chi connectivity index (χ1n) is 7.72. The largest absolute Gasteiger partial charge is 0.369 e. The Bertz CT molecular complexity index is 845. The highest BCUT2D eigenvalue weighted by atomic mass is 32.2. The van der Waals surface area contributed by atoms with Crippen LogP contribution >= 0.6 is 11.8 Å². The number of rotatable bonds is 4. The number of benzene rings is 3. The van der Waals surface area contributed by atoms with E-state index in [1.165, 1.54) is 10.5 Å². The molecule has 118 valence electrons. The third-order valence-corrected chi connectivity index (χ3v) is 4.94. The van der Waals surface area contributed by atoms with Crippen molar-refractivity contribution in [2.24, 2.45) is 0 Å². The molecule has 2 heteroatoms. The zero-order valence-corrected chi connectivity index (χ0v) is 14.3. The van der Waals surface area contributed by atoms with Crippen LogP contribution in [-0.2, 0) is 5.60 Å². The van der Waals surface area contributed by atoms with Gasteiger partial charge >= 0.3 is 0 Å². The molecule has 3 rings (SSSR count). The molecule has 0 amide bonds. The summed E-state index contributed by atoms with van der Waals surface area (Å²) in [6, 6.07) is 25.5. The Morgan fingerprint density at radius 1 is 0.792 bits per heavy atom. The third kappa shape index (κ3) is 3.38. The number of hydrogen-bond donors (Lipinski definition) is 1. The Hall–Kier alpha value is -2.47. The molecule has 0 aliphatic heterocycles. The molecular formula is C22H18OS. The van der Waals surface area contributed by atoms with Gasteiger partial charge in [-0.3, -0.25) is 0 Å². The van der Waals surface area contributed by atoms with E-state index in [4.69, 9.17) is 6.42 Å². The molecule has 0 bridgehead atoms. The van der Waals surface area contributed by atoms with Crippen LogP contribution in [0.15, 0.2) is 88.7 Å². The second-order valence-electron chi connectivity index (χ2n) is 5.66. The molecule has 24 heavy (non-hydrogen) atoms. The van der Waals surface area contributed by atoms with Crippen LogP contribution in [0.3, 0.4) is 0 Å². The fourth-order valence-corrected chi connectivity index (χ4v) is 3.34. The van der Waals surface area contributed by atoms with Crippen LogP contribution in [0.1, 0.15) is 16.7 Å². The minimum absolute atomic E-state index is 0.699. The first-order valence-corrected chi connectivity index (χ1v) is 8.54. The highest BCUT2D eigenvalue weighted by molar-refractivity contribution is 7.99. The summed E-state index contributed by atoms with van der Waals surface area (Å²) in [5.41, 5.74) is 1.24. The molecule has 0 aromatic heterocycles. The fourth-order valence-electron chi connectivity index (χ4n) is 2.52. The first-order chi connectivity index (χ1) is 11.6. The summed E-state index contributed by atoms with van der Waals surface area (Å²) in [7, 11) is 0. The van der Waals surface area contributed by atoms with Gasteiger partial charge in [0.15, 0.2) is 5.60 Å². The molecule has 0 saturated carbocycles. The van der Waals surface area contributed by atoms with Gasteiger partial charge in [0.2, 0.25) is 0 Å². The van der Waals surface area contributed by atoms with Crippen LogP contribution in [0.4, 0.5) is 0 Å². The summed E-state index contributed by atoms with van der Waals surface area (Å²) in [5.74, 6) is 2.54. The van der Waals surface area contributed by atoms with Gasteiger partial charge in [0, 0.05) is 20.9 Å². The van der Waals surface area contributed by atoms with Crippen molar-refractivity contribution in [2.75, 3.05) is 0 Å². The average Bonchev–Trinajstić information content (AvgIpc) is 2.64. The van der Waals surface area contributed by atoms with Crippen LogP contribution in [0.5, 0.6) is 0 Å². The van der Waals surface area contributed by atoms with Gasteiger partial charge in [-0.25, -0.2) is 0 Å². The SMILES string of the molecule is C#CC(O)(c1ccccc1)c1ccc(Sc2ccc(C)cc2)cc1. The van der Waals surface area contributed by atoms with E-state index < -0.39 is 5.60 Å². The van der Waals surface area contributed by atoms with E-state index in [0.29, 0.717) is 11.1 Å². The van der Waals surface area contributed by atoms with Crippen molar-refractivity contribution >= 4 is 11.8 Å². The van der Waals surface area contributed by atoms with Gasteiger partial charge < -0.3 is 5.11 Å². The molecule has 3 aromatic carbocycles. The van der Waals surface area contributed by atoms with E-state index in [2.05, 4.69) is 37.1 Å². The van der Waals surface area contributed by atoms with E-state index in [-0.39, 0.29) is 0 Å². The molecule has 1 nitrogen and oxygen atoms in total. The van der Waals surface area contributed by atoms with E-state index in [1.807, 2.05) is 54.6 Å². The summed E-state index contributed by atoms with van der Waals surface area (Å²) in [5, 5.41) is 10.9. The number of aliphatic hydroxyl groups is 1. The standard InChI is InChI=1S/C22H18OS/c1-3-22(23,18-7-5-4-6-8-18)19-11-15-21(16-12-19)24-20-13-9-17(2)10-14-20/h1,4-16,23H,2H3. The Balaban J connectivity index is 1.86. The summed E-state index contributed by atoms with van der Waals surface area (Å²) in [6.45, 7) is 2.08. The number of aryl methyl sites for hydroxylation is 1. The maximum Gasteiger partial charge on any atom is 0.176 e. The average molecular weight is 330 g/mol. The Labute approximate surface area is 147 Å². The van der Waals surface area contributed by atoms with Crippen LogP contribution < -0.4 is 0 Å². The smallest absolute Gasteiger partial charge is 0.176 e. The lowest BCUT2D eigenvalue weighted by molar-refractivity contribution is 0.145. The van der Waals surface area contributed by atoms with Crippen LogP contribution in [0, 0.1) is 19.3 Å². The highest BCUT2D eigenvalue weighted by Crippen LogP contribution is 2.32. The van der Waals surface area contributed by atoms with Gasteiger partial charge in [0.05, 0.1) is 0 Å². The van der Waals surface area contributed by atoms with Crippen molar-refractivity contribution in [1.82, 2.24) is 0 Å². The lowest BCUT2D eigenvalue weighted by atomic mass is 9.87. The van der Waals surface area contributed by atoms with Crippen molar-refractivity contribution in [2.45, 2.75) is 22.3 Å². The van der Waals surface area contributed by atoms with Gasteiger partial charge in [-0.2, -0.15) is 0 Å². The second-order valence-corrected chi connectivity index (χ2v) is 6.81. The van der Waals surface area contributed by atoms with Gasteiger partial charge in [0.25, 0.3) is 0 Å². The molecule has 0 radical (unpaired) electrons. The Morgan fingerprint density at radius 3 is 1.83 bits per heavy atom. The van der Waals surface area contributed by atoms with Crippen LogP contribution in [0.25, 0.3) is 0 Å². The quantitative estimate of drug-likeness (QED) is 0.678. The maximum atomic E-state index is 10.9. The molecule has 1 unspecified atom stereocenters. The molecule has 0 aliphatic rings. The molecule has 0 saturated heterocycles. The molecule has 1 N–H and O–H groups in total. The van der Waals surface area contributed by atoms with Crippen molar-refractivity contribution in [3.63, 3.8) is 0 Å². The lowest BCUT2D eigenvalue weighted by Gasteiger charge is -2.23. The molecule has 0 spiro atoms. The summed E-state index contributed by atoms with van der Waals surface area (Å²) in [4.78, 5) is 2.29. The molecule has 3 aromatic rings. The molecule has 0 fully saturated rings. The fraction of sp³-hybridized carbons (Fsp3) is 0.0909. The number of hydrogen-bond acceptors (Lipinski definition) is 2. The maximum absolute atomic E-state index is 10.9. The highest BCUT2D eigenvalue weighted by Gasteiger charge is 2.28. The van der Waals surface area contributed by atoms with Gasteiger partial charge in [0.1, 0.15) is 0 Å². The topological polar surface area (TPSA) is 20.2 Å². The van der Waals surface area contributed by atoms with Gasteiger partial charge in [-0.15, -0.1) is 6.42 Å². The lowest BCUT2D eigenvalue weighted by Crippen LogP contribution is -2.24. The van der Waals surface area contributed by atoms with Crippen LogP contribution in [-0.4, -0.2) is 5.11 Å². The Kier molecular flexibility index (Phi) is 4.76.